The first kappa shape index (κ1) is 29.0. The number of hydrogen-bond donors (Lipinski definition) is 8. The zero-order valence-electron chi connectivity index (χ0n) is 18.7. The van der Waals surface area contributed by atoms with Crippen molar-refractivity contribution < 1.29 is 44.1 Å². The number of aliphatic carboxylic acids is 2. The summed E-state index contributed by atoms with van der Waals surface area (Å²) in [5, 5.41) is 33.5. The van der Waals surface area contributed by atoms with E-state index in [2.05, 4.69) is 10.6 Å². The summed E-state index contributed by atoms with van der Waals surface area (Å²) in [4.78, 5) is 71.2. The number of primary amides is 1. The molecule has 192 valence electrons. The van der Waals surface area contributed by atoms with Gasteiger partial charge in [0.25, 0.3) is 0 Å². The quantitative estimate of drug-likeness (QED) is 0.121. The van der Waals surface area contributed by atoms with Gasteiger partial charge in [0.15, 0.2) is 0 Å². The minimum atomic E-state index is -1.69. The number of amides is 4. The summed E-state index contributed by atoms with van der Waals surface area (Å²) in [7, 11) is 0. The Morgan fingerprint density at radius 3 is 1.89 bits per heavy atom. The molecule has 14 nitrogen and oxygen atoms in total. The molecule has 0 aliphatic carbocycles. The maximum Gasteiger partial charge on any atom is 0.328 e. The zero-order chi connectivity index (χ0) is 26.5. The Morgan fingerprint density at radius 2 is 1.37 bits per heavy atom. The lowest BCUT2D eigenvalue weighted by Crippen LogP contribution is -2.58. The number of carboxylic acids is 2. The highest BCUT2D eigenvalue weighted by Gasteiger charge is 2.31. The Morgan fingerprint density at radius 1 is 0.829 bits per heavy atom. The van der Waals surface area contributed by atoms with E-state index in [1.165, 1.54) is 0 Å². The molecule has 0 aliphatic heterocycles. The first-order chi connectivity index (χ1) is 16.4. The van der Waals surface area contributed by atoms with Gasteiger partial charge in [0.2, 0.25) is 23.6 Å². The van der Waals surface area contributed by atoms with Gasteiger partial charge in [-0.15, -0.1) is 0 Å². The van der Waals surface area contributed by atoms with Crippen molar-refractivity contribution in [3.8, 4) is 0 Å². The van der Waals surface area contributed by atoms with Crippen molar-refractivity contribution in [3.05, 3.63) is 35.9 Å². The molecule has 0 radical (unpaired) electrons. The second kappa shape index (κ2) is 14.3. The lowest BCUT2D eigenvalue weighted by molar-refractivity contribution is -0.143. The second-order valence-corrected chi connectivity index (χ2v) is 7.60. The van der Waals surface area contributed by atoms with Crippen LogP contribution in [0.4, 0.5) is 0 Å². The number of rotatable bonds is 15. The fourth-order valence-electron chi connectivity index (χ4n) is 2.89. The number of aliphatic hydroxyl groups is 1. The third-order valence-corrected chi connectivity index (χ3v) is 4.76. The van der Waals surface area contributed by atoms with E-state index >= 15 is 0 Å². The van der Waals surface area contributed by atoms with E-state index in [9.17, 15) is 28.8 Å². The molecule has 0 aliphatic rings. The Balaban J connectivity index is 3.07. The fourth-order valence-corrected chi connectivity index (χ4v) is 2.89. The van der Waals surface area contributed by atoms with E-state index < -0.39 is 72.8 Å². The molecule has 0 heterocycles. The summed E-state index contributed by atoms with van der Waals surface area (Å²) in [5.41, 5.74) is 11.5. The minimum Gasteiger partial charge on any atom is -0.481 e. The third-order valence-electron chi connectivity index (χ3n) is 4.76. The first-order valence-electron chi connectivity index (χ1n) is 10.5. The summed E-state index contributed by atoms with van der Waals surface area (Å²) >= 11 is 0. The van der Waals surface area contributed by atoms with Crippen LogP contribution in [0.2, 0.25) is 0 Å². The van der Waals surface area contributed by atoms with Crippen LogP contribution < -0.4 is 27.4 Å². The zero-order valence-corrected chi connectivity index (χ0v) is 18.7. The average molecular weight is 495 g/mol. The average Bonchev–Trinajstić information content (AvgIpc) is 2.79. The van der Waals surface area contributed by atoms with Gasteiger partial charge < -0.3 is 42.7 Å². The molecule has 10 N–H and O–H groups in total. The van der Waals surface area contributed by atoms with Gasteiger partial charge >= 0.3 is 11.9 Å². The van der Waals surface area contributed by atoms with Crippen LogP contribution in [0, 0.1) is 0 Å². The SMILES string of the molecule is NC(=O)CC(NC(=O)C(Cc1ccccc1)NC(=O)C(N)CCC(=O)O)C(=O)NC(CO)C(=O)O. The number of carbonyl (C=O) groups excluding carboxylic acids is 4. The van der Waals surface area contributed by atoms with E-state index in [1.807, 2.05) is 5.32 Å². The standard InChI is InChI=1S/C21H29N5O9/c22-12(6-7-17(29)30)18(31)24-13(8-11-4-2-1-3-5-11)19(32)25-14(9-16(23)28)20(33)26-15(10-27)21(34)35/h1-5,12-15,27H,6-10,22H2,(H2,23,28)(H,24,31)(H,25,32)(H,26,33)(H,29,30)(H,34,35). The highest BCUT2D eigenvalue weighted by atomic mass is 16.4. The number of nitrogens with one attached hydrogen (secondary N) is 3. The molecule has 1 aromatic rings. The topological polar surface area (TPSA) is 251 Å². The summed E-state index contributed by atoms with van der Waals surface area (Å²) in [6, 6.07) is 2.62. The van der Waals surface area contributed by atoms with Gasteiger partial charge in [-0.25, -0.2) is 4.79 Å². The fraction of sp³-hybridized carbons (Fsp3) is 0.429. The van der Waals surface area contributed by atoms with Crippen molar-refractivity contribution in [3.63, 3.8) is 0 Å². The predicted molar refractivity (Wildman–Crippen MR) is 119 cm³/mol. The van der Waals surface area contributed by atoms with Crippen LogP contribution in [0.3, 0.4) is 0 Å². The minimum absolute atomic E-state index is 0.0522. The van der Waals surface area contributed by atoms with Gasteiger partial charge in [0.1, 0.15) is 18.1 Å². The molecule has 1 rings (SSSR count). The van der Waals surface area contributed by atoms with Crippen molar-refractivity contribution in [2.75, 3.05) is 6.61 Å². The number of carbonyl (C=O) groups is 6. The van der Waals surface area contributed by atoms with Crippen LogP contribution in [-0.2, 0) is 35.2 Å². The molecular weight excluding hydrogens is 466 g/mol. The monoisotopic (exact) mass is 495 g/mol. The van der Waals surface area contributed by atoms with E-state index in [0.717, 1.165) is 0 Å². The van der Waals surface area contributed by atoms with Crippen molar-refractivity contribution in [2.24, 2.45) is 11.5 Å². The van der Waals surface area contributed by atoms with Crippen LogP contribution in [0.25, 0.3) is 0 Å². The third kappa shape index (κ3) is 10.6. The van der Waals surface area contributed by atoms with Crippen molar-refractivity contribution in [1.82, 2.24) is 16.0 Å². The number of carboxylic acid groups (broad SMARTS) is 2. The van der Waals surface area contributed by atoms with E-state index in [1.54, 1.807) is 30.3 Å². The van der Waals surface area contributed by atoms with Crippen molar-refractivity contribution in [2.45, 2.75) is 49.9 Å². The number of aliphatic hydroxyl groups excluding tert-OH is 1. The van der Waals surface area contributed by atoms with E-state index in [-0.39, 0.29) is 19.3 Å². The molecule has 0 aromatic heterocycles. The molecule has 0 fully saturated rings. The van der Waals surface area contributed by atoms with Gasteiger partial charge in [-0.2, -0.15) is 0 Å². The normalized spacial score (nSPS) is 14.0. The highest BCUT2D eigenvalue weighted by Crippen LogP contribution is 2.06. The number of benzene rings is 1. The Bertz CT molecular complexity index is 925. The van der Waals surface area contributed by atoms with Crippen LogP contribution >= 0.6 is 0 Å². The van der Waals surface area contributed by atoms with Crippen molar-refractivity contribution >= 4 is 35.6 Å². The van der Waals surface area contributed by atoms with Crippen LogP contribution in [0.1, 0.15) is 24.8 Å². The number of hydrogen-bond acceptors (Lipinski definition) is 8. The molecule has 4 unspecified atom stereocenters. The van der Waals surface area contributed by atoms with Crippen LogP contribution in [-0.4, -0.2) is 81.7 Å². The lowest BCUT2D eigenvalue weighted by Gasteiger charge is -2.24. The molecule has 4 atom stereocenters. The van der Waals surface area contributed by atoms with Crippen molar-refractivity contribution in [1.29, 1.82) is 0 Å². The summed E-state index contributed by atoms with van der Waals surface area (Å²) < 4.78 is 0. The molecule has 0 spiro atoms. The molecule has 4 amide bonds. The van der Waals surface area contributed by atoms with Gasteiger partial charge in [-0.1, -0.05) is 30.3 Å². The summed E-state index contributed by atoms with van der Waals surface area (Å²) in [5.74, 6) is -6.51. The first-order valence-corrected chi connectivity index (χ1v) is 10.5. The van der Waals surface area contributed by atoms with Crippen LogP contribution in [0.5, 0.6) is 0 Å². The van der Waals surface area contributed by atoms with Gasteiger partial charge in [0.05, 0.1) is 19.1 Å². The Kier molecular flexibility index (Phi) is 11.8. The molecule has 1 aromatic carbocycles. The highest BCUT2D eigenvalue weighted by molar-refractivity contribution is 5.96. The largest absolute Gasteiger partial charge is 0.481 e. The molecular formula is C21H29N5O9. The van der Waals surface area contributed by atoms with Gasteiger partial charge in [-0.05, 0) is 12.0 Å². The maximum atomic E-state index is 13.0. The van der Waals surface area contributed by atoms with Gasteiger partial charge in [0, 0.05) is 12.8 Å². The molecule has 0 saturated carbocycles. The second-order valence-electron chi connectivity index (χ2n) is 7.60. The molecule has 35 heavy (non-hydrogen) atoms. The summed E-state index contributed by atoms with van der Waals surface area (Å²) in [6.07, 6.45) is -1.31. The van der Waals surface area contributed by atoms with E-state index in [4.69, 9.17) is 26.8 Å². The van der Waals surface area contributed by atoms with Crippen LogP contribution in [0.15, 0.2) is 30.3 Å². The Labute approximate surface area is 200 Å². The summed E-state index contributed by atoms with van der Waals surface area (Å²) in [6.45, 7) is -0.945. The number of nitrogens with two attached hydrogens (primary N) is 2. The van der Waals surface area contributed by atoms with E-state index in [0.29, 0.717) is 5.56 Å². The Hall–Kier alpha value is -4.04. The van der Waals surface area contributed by atoms with Gasteiger partial charge in [-0.3, -0.25) is 24.0 Å². The molecule has 0 saturated heterocycles. The lowest BCUT2D eigenvalue weighted by atomic mass is 10.0. The maximum absolute atomic E-state index is 13.0. The molecule has 0 bridgehead atoms. The molecule has 14 heteroatoms. The predicted octanol–water partition coefficient (Wildman–Crippen LogP) is -3.17. The smallest absolute Gasteiger partial charge is 0.328 e.